The third kappa shape index (κ3) is 2.92. The number of hydrogen-bond donors (Lipinski definition) is 3. The lowest BCUT2D eigenvalue weighted by atomic mass is 10.1. The summed E-state index contributed by atoms with van der Waals surface area (Å²) in [5, 5.41) is 25.4. The number of nitrogens with zero attached hydrogens (tertiary/aromatic N) is 2. The van der Waals surface area contributed by atoms with E-state index in [1.54, 1.807) is 23.7 Å². The summed E-state index contributed by atoms with van der Waals surface area (Å²) < 4.78 is 2.00. The molecule has 3 N–H and O–H groups in total. The van der Waals surface area contributed by atoms with E-state index in [1.807, 2.05) is 10.8 Å². The number of carbonyl (C=O) groups is 1. The van der Waals surface area contributed by atoms with E-state index in [1.165, 1.54) is 30.2 Å². The molecule has 1 unspecified atom stereocenters. The Labute approximate surface area is 141 Å². The van der Waals surface area contributed by atoms with Crippen LogP contribution < -0.4 is 10.5 Å². The molecule has 0 spiro atoms. The van der Waals surface area contributed by atoms with Crippen molar-refractivity contribution in [3.05, 3.63) is 46.7 Å². The standard InChI is InChI=1S/C16H16N4O3S/c21-15(18-16-17-5-6-24-16)13-9-19(8-10-1-2-10)14-7-11(20(22)23)3-4-12(13)14/h3-7,9-10,20,22H,1-2,8H2,(H,17,18,21). The summed E-state index contributed by atoms with van der Waals surface area (Å²) in [4.78, 5) is 16.7. The summed E-state index contributed by atoms with van der Waals surface area (Å²) in [5.41, 5.74) is 1.55. The van der Waals surface area contributed by atoms with E-state index in [9.17, 15) is 15.2 Å². The largest absolute Gasteiger partial charge is 0.595 e. The number of rotatable bonds is 5. The van der Waals surface area contributed by atoms with Gasteiger partial charge in [-0.25, -0.2) is 10.2 Å². The van der Waals surface area contributed by atoms with E-state index in [2.05, 4.69) is 10.3 Å². The van der Waals surface area contributed by atoms with Crippen molar-refractivity contribution < 1.29 is 15.2 Å². The van der Waals surface area contributed by atoms with Crippen LogP contribution in [-0.2, 0) is 6.54 Å². The van der Waals surface area contributed by atoms with Crippen LogP contribution in [-0.4, -0.2) is 20.7 Å². The molecule has 1 fully saturated rings. The van der Waals surface area contributed by atoms with Crippen molar-refractivity contribution in [2.45, 2.75) is 19.4 Å². The van der Waals surface area contributed by atoms with Gasteiger partial charge in [-0.05, 0) is 24.8 Å². The van der Waals surface area contributed by atoms with E-state index in [4.69, 9.17) is 0 Å². The SMILES string of the molecule is O=C(Nc1nccs1)c1cn(CC2CC2)c2cc([NH+]([O-])O)ccc12. The number of quaternary nitrogens is 1. The highest BCUT2D eigenvalue weighted by Crippen LogP contribution is 2.33. The first kappa shape index (κ1) is 15.3. The Balaban J connectivity index is 1.75. The molecule has 0 radical (unpaired) electrons. The van der Waals surface area contributed by atoms with Crippen LogP contribution in [0.25, 0.3) is 10.9 Å². The summed E-state index contributed by atoms with van der Waals surface area (Å²) in [6, 6.07) is 4.88. The van der Waals surface area contributed by atoms with Crippen molar-refractivity contribution in [1.82, 2.24) is 9.55 Å². The van der Waals surface area contributed by atoms with Gasteiger partial charge in [0, 0.05) is 41.8 Å². The average Bonchev–Trinajstić information content (AvgIpc) is 3.09. The fourth-order valence-electron chi connectivity index (χ4n) is 2.79. The molecule has 7 nitrogen and oxygen atoms in total. The molecule has 1 amide bonds. The molecule has 1 saturated carbocycles. The minimum absolute atomic E-state index is 0.226. The first-order chi connectivity index (χ1) is 11.6. The highest BCUT2D eigenvalue weighted by molar-refractivity contribution is 7.13. The van der Waals surface area contributed by atoms with Gasteiger partial charge in [-0.15, -0.1) is 11.3 Å². The molecule has 1 aromatic carbocycles. The highest BCUT2D eigenvalue weighted by Gasteiger charge is 2.24. The van der Waals surface area contributed by atoms with Crippen molar-refractivity contribution in [3.63, 3.8) is 0 Å². The summed E-state index contributed by atoms with van der Waals surface area (Å²) >= 11 is 1.36. The van der Waals surface area contributed by atoms with Gasteiger partial charge in [0.1, 0.15) is 0 Å². The molecule has 4 rings (SSSR count). The zero-order valence-corrected chi connectivity index (χ0v) is 13.5. The van der Waals surface area contributed by atoms with E-state index in [-0.39, 0.29) is 11.6 Å². The number of aromatic nitrogens is 2. The van der Waals surface area contributed by atoms with Gasteiger partial charge in [0.05, 0.1) is 11.1 Å². The van der Waals surface area contributed by atoms with Crippen LogP contribution in [0.3, 0.4) is 0 Å². The zero-order chi connectivity index (χ0) is 16.7. The lowest BCUT2D eigenvalue weighted by molar-refractivity contribution is -0.991. The Bertz CT molecular complexity index is 884. The Morgan fingerprint density at radius 2 is 2.33 bits per heavy atom. The molecule has 2 aromatic heterocycles. The number of thiazole rings is 1. The predicted molar refractivity (Wildman–Crippen MR) is 90.5 cm³/mol. The number of carbonyl (C=O) groups excluding carboxylic acids is 1. The van der Waals surface area contributed by atoms with E-state index in [0.717, 1.165) is 17.4 Å². The fourth-order valence-corrected chi connectivity index (χ4v) is 3.31. The van der Waals surface area contributed by atoms with Crippen molar-refractivity contribution >= 4 is 39.0 Å². The molecule has 24 heavy (non-hydrogen) atoms. The average molecular weight is 344 g/mol. The van der Waals surface area contributed by atoms with Crippen LogP contribution in [0, 0.1) is 11.1 Å². The predicted octanol–water partition coefficient (Wildman–Crippen LogP) is 2.16. The summed E-state index contributed by atoms with van der Waals surface area (Å²) in [6.07, 6.45) is 5.81. The molecule has 1 atom stereocenters. The van der Waals surface area contributed by atoms with Gasteiger partial charge in [0.15, 0.2) is 10.8 Å². The van der Waals surface area contributed by atoms with Gasteiger partial charge in [0.2, 0.25) is 0 Å². The summed E-state index contributed by atoms with van der Waals surface area (Å²) in [7, 11) is 0. The van der Waals surface area contributed by atoms with Crippen LogP contribution in [0.5, 0.6) is 0 Å². The maximum Gasteiger partial charge on any atom is 0.259 e. The Hall–Kier alpha value is -2.26. The lowest BCUT2D eigenvalue weighted by Crippen LogP contribution is -2.99. The summed E-state index contributed by atoms with van der Waals surface area (Å²) in [5.74, 6) is 0.386. The van der Waals surface area contributed by atoms with E-state index >= 15 is 0 Å². The van der Waals surface area contributed by atoms with Crippen molar-refractivity contribution in [2.75, 3.05) is 5.32 Å². The Kier molecular flexibility index (Phi) is 3.81. The quantitative estimate of drug-likeness (QED) is 0.618. The molecule has 1 aliphatic rings. The molecular weight excluding hydrogens is 328 g/mol. The molecule has 0 saturated heterocycles. The third-order valence-electron chi connectivity index (χ3n) is 4.18. The van der Waals surface area contributed by atoms with Gasteiger partial charge < -0.3 is 9.77 Å². The van der Waals surface area contributed by atoms with Crippen molar-refractivity contribution in [3.8, 4) is 0 Å². The summed E-state index contributed by atoms with van der Waals surface area (Å²) in [6.45, 7) is 0.810. The second-order valence-corrected chi connectivity index (χ2v) is 6.86. The van der Waals surface area contributed by atoms with Gasteiger partial charge in [-0.1, -0.05) is 0 Å². The third-order valence-corrected chi connectivity index (χ3v) is 4.87. The molecule has 3 aromatic rings. The normalized spacial score (nSPS) is 15.6. The minimum atomic E-state index is -0.968. The molecule has 1 aliphatic carbocycles. The van der Waals surface area contributed by atoms with Gasteiger partial charge in [-0.3, -0.25) is 10.1 Å². The smallest absolute Gasteiger partial charge is 0.259 e. The van der Waals surface area contributed by atoms with Crippen LogP contribution in [0.2, 0.25) is 0 Å². The van der Waals surface area contributed by atoms with Crippen LogP contribution >= 0.6 is 11.3 Å². The topological polar surface area (TPSA) is 94.7 Å². The molecule has 2 heterocycles. The molecule has 0 aliphatic heterocycles. The molecule has 8 heteroatoms. The fraction of sp³-hybridized carbons (Fsp3) is 0.250. The molecule has 0 bridgehead atoms. The first-order valence-corrected chi connectivity index (χ1v) is 8.57. The van der Waals surface area contributed by atoms with Crippen molar-refractivity contribution in [2.24, 2.45) is 5.92 Å². The Morgan fingerprint density at radius 1 is 1.50 bits per heavy atom. The maximum atomic E-state index is 12.6. The number of nitrogens with one attached hydrogen (secondary N) is 2. The van der Waals surface area contributed by atoms with E-state index < -0.39 is 5.23 Å². The second kappa shape index (κ2) is 5.99. The van der Waals surface area contributed by atoms with Gasteiger partial charge >= 0.3 is 0 Å². The van der Waals surface area contributed by atoms with Crippen LogP contribution in [0.1, 0.15) is 23.2 Å². The second-order valence-electron chi connectivity index (χ2n) is 5.97. The number of hydrogen-bond acceptors (Lipinski definition) is 5. The minimum Gasteiger partial charge on any atom is -0.595 e. The molecular formula is C16H16N4O3S. The van der Waals surface area contributed by atoms with E-state index in [0.29, 0.717) is 16.6 Å². The monoisotopic (exact) mass is 344 g/mol. The number of fused-ring (bicyclic) bond motifs is 1. The zero-order valence-electron chi connectivity index (χ0n) is 12.7. The number of anilines is 1. The highest BCUT2D eigenvalue weighted by atomic mass is 32.1. The number of amides is 1. The van der Waals surface area contributed by atoms with Gasteiger partial charge in [-0.2, -0.15) is 5.23 Å². The number of benzene rings is 1. The van der Waals surface area contributed by atoms with Crippen molar-refractivity contribution in [1.29, 1.82) is 0 Å². The van der Waals surface area contributed by atoms with Crippen LogP contribution in [0.4, 0.5) is 10.8 Å². The maximum absolute atomic E-state index is 12.6. The van der Waals surface area contributed by atoms with Crippen LogP contribution in [0.15, 0.2) is 36.0 Å². The lowest BCUT2D eigenvalue weighted by Gasteiger charge is -2.12. The van der Waals surface area contributed by atoms with Gasteiger partial charge in [0.25, 0.3) is 5.91 Å². The molecule has 124 valence electrons. The Morgan fingerprint density at radius 3 is 3.00 bits per heavy atom. The first-order valence-electron chi connectivity index (χ1n) is 7.69.